The Morgan fingerprint density at radius 2 is 2.33 bits per heavy atom. The van der Waals surface area contributed by atoms with E-state index in [1.807, 2.05) is 0 Å². The molecule has 0 aromatic rings. The number of hydrogen-bond acceptors (Lipinski definition) is 1. The molecule has 1 atom stereocenters. The standard InChI is InChI=1S/C6H12O2Si/c7-6(8)5-3-1-2-4-9-5/h5H,1-4,9H2,(H,7,8). The highest BCUT2D eigenvalue weighted by Crippen LogP contribution is 2.22. The summed E-state index contributed by atoms with van der Waals surface area (Å²) in [5.74, 6) is -0.540. The van der Waals surface area contributed by atoms with E-state index >= 15 is 0 Å². The summed E-state index contributed by atoms with van der Waals surface area (Å²) in [5, 5.41) is 8.57. The molecule has 0 aliphatic carbocycles. The first-order valence-electron chi connectivity index (χ1n) is 3.53. The van der Waals surface area contributed by atoms with Gasteiger partial charge >= 0.3 is 5.97 Å². The zero-order valence-electron chi connectivity index (χ0n) is 5.47. The molecule has 2 nitrogen and oxygen atoms in total. The molecule has 0 spiro atoms. The molecule has 0 aromatic carbocycles. The van der Waals surface area contributed by atoms with Crippen LogP contribution in [0.3, 0.4) is 0 Å². The molecular formula is C6H12O2Si. The van der Waals surface area contributed by atoms with Crippen molar-refractivity contribution in [1.82, 2.24) is 0 Å². The molecule has 1 fully saturated rings. The summed E-state index contributed by atoms with van der Waals surface area (Å²) in [6.45, 7) is 0. The predicted molar refractivity (Wildman–Crippen MR) is 38.6 cm³/mol. The Balaban J connectivity index is 2.31. The van der Waals surface area contributed by atoms with Gasteiger partial charge in [0.05, 0.1) is 0 Å². The van der Waals surface area contributed by atoms with E-state index < -0.39 is 5.97 Å². The summed E-state index contributed by atoms with van der Waals surface area (Å²) in [6, 6.07) is 1.25. The van der Waals surface area contributed by atoms with Gasteiger partial charge in [0.15, 0.2) is 0 Å². The fourth-order valence-corrected chi connectivity index (χ4v) is 3.31. The molecule has 3 heteroatoms. The van der Waals surface area contributed by atoms with Crippen LogP contribution in [0.1, 0.15) is 19.3 Å². The van der Waals surface area contributed by atoms with Gasteiger partial charge in [-0.25, -0.2) is 0 Å². The molecule has 0 radical (unpaired) electrons. The Morgan fingerprint density at radius 3 is 2.67 bits per heavy atom. The number of aliphatic carboxylic acids is 1. The largest absolute Gasteiger partial charge is 0.481 e. The van der Waals surface area contributed by atoms with Crippen LogP contribution in [0.4, 0.5) is 0 Å². The molecule has 1 unspecified atom stereocenters. The second kappa shape index (κ2) is 3.01. The molecule has 0 saturated carbocycles. The highest BCUT2D eigenvalue weighted by atomic mass is 28.2. The zero-order valence-corrected chi connectivity index (χ0v) is 6.88. The van der Waals surface area contributed by atoms with Crippen molar-refractivity contribution in [1.29, 1.82) is 0 Å². The Morgan fingerprint density at radius 1 is 1.56 bits per heavy atom. The topological polar surface area (TPSA) is 37.3 Å². The van der Waals surface area contributed by atoms with Gasteiger partial charge in [-0.05, 0) is 6.42 Å². The summed E-state index contributed by atoms with van der Waals surface area (Å²) >= 11 is 0. The van der Waals surface area contributed by atoms with E-state index in [0.717, 1.165) is 12.8 Å². The number of carboxylic acid groups (broad SMARTS) is 1. The van der Waals surface area contributed by atoms with Gasteiger partial charge in [0.25, 0.3) is 0 Å². The Hall–Kier alpha value is -0.313. The Bertz CT molecular complexity index is 108. The van der Waals surface area contributed by atoms with Crippen molar-refractivity contribution in [3.8, 4) is 0 Å². The monoisotopic (exact) mass is 144 g/mol. The smallest absolute Gasteiger partial charge is 0.303 e. The first-order chi connectivity index (χ1) is 4.30. The number of rotatable bonds is 1. The lowest BCUT2D eigenvalue weighted by Crippen LogP contribution is -2.17. The first-order valence-corrected chi connectivity index (χ1v) is 5.35. The van der Waals surface area contributed by atoms with Gasteiger partial charge in [-0.3, -0.25) is 4.79 Å². The zero-order chi connectivity index (χ0) is 6.69. The molecule has 52 valence electrons. The van der Waals surface area contributed by atoms with Crippen molar-refractivity contribution in [3.63, 3.8) is 0 Å². The Kier molecular flexibility index (Phi) is 2.27. The van der Waals surface area contributed by atoms with E-state index in [1.165, 1.54) is 12.5 Å². The molecule has 1 aliphatic heterocycles. The van der Waals surface area contributed by atoms with Crippen LogP contribution in [0, 0.1) is 0 Å². The van der Waals surface area contributed by atoms with E-state index in [1.54, 1.807) is 0 Å². The van der Waals surface area contributed by atoms with Gasteiger partial charge in [-0.15, -0.1) is 0 Å². The van der Waals surface area contributed by atoms with Crippen molar-refractivity contribution in [2.24, 2.45) is 0 Å². The average molecular weight is 144 g/mol. The van der Waals surface area contributed by atoms with Gasteiger partial charge in [-0.1, -0.05) is 18.9 Å². The summed E-state index contributed by atoms with van der Waals surface area (Å²) in [5.41, 5.74) is 0.110. The van der Waals surface area contributed by atoms with Crippen LogP contribution in [0.25, 0.3) is 0 Å². The SMILES string of the molecule is O=C(O)C1CCCC[SiH2]1. The van der Waals surface area contributed by atoms with Crippen LogP contribution in [-0.4, -0.2) is 20.6 Å². The van der Waals surface area contributed by atoms with Gasteiger partial charge < -0.3 is 5.11 Å². The number of carboxylic acids is 1. The third kappa shape index (κ3) is 1.82. The summed E-state index contributed by atoms with van der Waals surface area (Å²) < 4.78 is 0. The minimum Gasteiger partial charge on any atom is -0.481 e. The Labute approximate surface area is 57.1 Å². The summed E-state index contributed by atoms with van der Waals surface area (Å²) in [6.07, 6.45) is 3.39. The molecule has 1 aliphatic rings. The predicted octanol–water partition coefficient (Wildman–Crippen LogP) is 0.630. The highest BCUT2D eigenvalue weighted by Gasteiger charge is 2.19. The lowest BCUT2D eigenvalue weighted by Gasteiger charge is -2.15. The molecule has 0 amide bonds. The van der Waals surface area contributed by atoms with Gasteiger partial charge in [-0.2, -0.15) is 0 Å². The molecular weight excluding hydrogens is 132 g/mol. The normalized spacial score (nSPS) is 30.4. The van der Waals surface area contributed by atoms with Crippen molar-refractivity contribution < 1.29 is 9.90 Å². The molecule has 1 N–H and O–H groups in total. The fraction of sp³-hybridized carbons (Fsp3) is 0.833. The van der Waals surface area contributed by atoms with Crippen LogP contribution >= 0.6 is 0 Å². The molecule has 9 heavy (non-hydrogen) atoms. The van der Waals surface area contributed by atoms with Crippen LogP contribution in [0.5, 0.6) is 0 Å². The van der Waals surface area contributed by atoms with Crippen LogP contribution < -0.4 is 0 Å². The quantitative estimate of drug-likeness (QED) is 0.548. The van der Waals surface area contributed by atoms with Crippen LogP contribution in [-0.2, 0) is 4.79 Å². The van der Waals surface area contributed by atoms with Crippen LogP contribution in [0.2, 0.25) is 11.6 Å². The molecule has 1 rings (SSSR count). The number of carbonyl (C=O) groups is 1. The van der Waals surface area contributed by atoms with E-state index in [2.05, 4.69) is 0 Å². The van der Waals surface area contributed by atoms with E-state index in [-0.39, 0.29) is 15.1 Å². The van der Waals surface area contributed by atoms with Gasteiger partial charge in [0, 0.05) is 15.1 Å². The lowest BCUT2D eigenvalue weighted by molar-refractivity contribution is -0.137. The maximum Gasteiger partial charge on any atom is 0.303 e. The van der Waals surface area contributed by atoms with E-state index in [9.17, 15) is 4.79 Å². The third-order valence-electron chi connectivity index (χ3n) is 1.95. The molecule has 0 bridgehead atoms. The molecule has 1 heterocycles. The maximum absolute atomic E-state index is 10.4. The van der Waals surface area contributed by atoms with Gasteiger partial charge in [0.2, 0.25) is 0 Å². The lowest BCUT2D eigenvalue weighted by atomic mass is 10.2. The van der Waals surface area contributed by atoms with Crippen molar-refractivity contribution in [2.45, 2.75) is 30.8 Å². The van der Waals surface area contributed by atoms with Crippen molar-refractivity contribution in [2.75, 3.05) is 0 Å². The maximum atomic E-state index is 10.4. The van der Waals surface area contributed by atoms with Crippen LogP contribution in [0.15, 0.2) is 0 Å². The highest BCUT2D eigenvalue weighted by molar-refractivity contribution is 6.43. The molecule has 1 saturated heterocycles. The fourth-order valence-electron chi connectivity index (χ4n) is 1.35. The van der Waals surface area contributed by atoms with Crippen molar-refractivity contribution >= 4 is 15.5 Å². The van der Waals surface area contributed by atoms with Gasteiger partial charge in [0.1, 0.15) is 0 Å². The van der Waals surface area contributed by atoms with E-state index in [0.29, 0.717) is 0 Å². The summed E-state index contributed by atoms with van der Waals surface area (Å²) in [7, 11) is -0.225. The molecule has 0 aromatic heterocycles. The average Bonchev–Trinajstić information content (AvgIpc) is 1.90. The third-order valence-corrected chi connectivity index (χ3v) is 4.32. The minimum atomic E-state index is -0.540. The second-order valence-corrected chi connectivity index (χ2v) is 4.94. The summed E-state index contributed by atoms with van der Waals surface area (Å²) in [4.78, 5) is 10.4. The minimum absolute atomic E-state index is 0.110. The van der Waals surface area contributed by atoms with Crippen molar-refractivity contribution in [3.05, 3.63) is 0 Å². The van der Waals surface area contributed by atoms with E-state index in [4.69, 9.17) is 5.11 Å². The first kappa shape index (κ1) is 6.80. The number of hydrogen-bond donors (Lipinski definition) is 1. The second-order valence-electron chi connectivity index (χ2n) is 2.67.